The molecule has 4 rings (SSSR count). The Hall–Kier alpha value is -2.50. The third-order valence-electron chi connectivity index (χ3n) is 5.97. The van der Waals surface area contributed by atoms with Crippen LogP contribution in [0.5, 0.6) is 0 Å². The summed E-state index contributed by atoms with van der Waals surface area (Å²) in [5, 5.41) is 0.373. The van der Waals surface area contributed by atoms with Gasteiger partial charge in [-0.05, 0) is 30.7 Å². The molecule has 1 fully saturated rings. The van der Waals surface area contributed by atoms with Crippen LogP contribution in [0.15, 0.2) is 53.5 Å². The Morgan fingerprint density at radius 1 is 1.17 bits per heavy atom. The molecular weight excluding hydrogens is 386 g/mol. The van der Waals surface area contributed by atoms with Crippen LogP contribution in [0.3, 0.4) is 0 Å². The van der Waals surface area contributed by atoms with Gasteiger partial charge in [0.15, 0.2) is 0 Å². The fraction of sp³-hybridized carbons (Fsp3) is 0.348. The van der Waals surface area contributed by atoms with E-state index in [9.17, 15) is 9.59 Å². The monoisotopic (exact) mass is 410 g/mol. The van der Waals surface area contributed by atoms with Crippen LogP contribution >= 0.6 is 11.6 Å². The number of nitrogens with one attached hydrogen (secondary N) is 1. The second-order valence-electron chi connectivity index (χ2n) is 7.61. The molecule has 2 aromatic rings. The Bertz CT molecular complexity index is 959. The first kappa shape index (κ1) is 19.8. The fourth-order valence-corrected chi connectivity index (χ4v) is 4.64. The summed E-state index contributed by atoms with van der Waals surface area (Å²) in [5.41, 5.74) is 1.64. The lowest BCUT2D eigenvalue weighted by atomic mass is 9.89. The number of aliphatic imine (C=N–C) groups is 1. The van der Waals surface area contributed by atoms with E-state index in [-0.39, 0.29) is 11.8 Å². The number of anilines is 1. The average Bonchev–Trinajstić information content (AvgIpc) is 3.19. The number of carbonyl (C=O) groups excluding carboxylic acids is 2. The largest absolute Gasteiger partial charge is 0.331 e. The van der Waals surface area contributed by atoms with E-state index in [2.05, 4.69) is 11.9 Å². The van der Waals surface area contributed by atoms with Crippen LogP contribution < -0.4 is 9.80 Å². The number of imide groups is 1. The summed E-state index contributed by atoms with van der Waals surface area (Å²) in [7, 11) is 0. The maximum absolute atomic E-state index is 13.3. The Morgan fingerprint density at radius 3 is 2.72 bits per heavy atom. The van der Waals surface area contributed by atoms with E-state index in [0.717, 1.165) is 6.54 Å². The number of halogens is 1. The lowest BCUT2D eigenvalue weighted by Crippen LogP contribution is -3.13. The first-order valence-corrected chi connectivity index (χ1v) is 10.6. The van der Waals surface area contributed by atoms with Crippen molar-refractivity contribution in [2.45, 2.75) is 31.7 Å². The number of hydrogen-bond donors (Lipinski definition) is 1. The zero-order chi connectivity index (χ0) is 20.4. The third kappa shape index (κ3) is 3.72. The van der Waals surface area contributed by atoms with Crippen molar-refractivity contribution in [2.75, 3.05) is 24.5 Å². The van der Waals surface area contributed by atoms with Crippen LogP contribution in [0.25, 0.3) is 0 Å². The number of likely N-dealkylation sites (tertiary alicyclic amines) is 1. The highest BCUT2D eigenvalue weighted by Crippen LogP contribution is 2.35. The molecule has 1 saturated heterocycles. The number of benzene rings is 2. The van der Waals surface area contributed by atoms with Crippen LogP contribution in [-0.2, 0) is 4.79 Å². The summed E-state index contributed by atoms with van der Waals surface area (Å²) in [6, 6.07) is 14.7. The molecule has 0 spiro atoms. The van der Waals surface area contributed by atoms with Crippen LogP contribution in [-0.4, -0.2) is 43.7 Å². The second kappa shape index (κ2) is 8.47. The van der Waals surface area contributed by atoms with Crippen molar-refractivity contribution in [3.05, 3.63) is 64.7 Å². The molecule has 2 aromatic carbocycles. The normalized spacial score (nSPS) is 24.3. The number of amides is 2. The number of rotatable bonds is 5. The van der Waals surface area contributed by atoms with E-state index in [4.69, 9.17) is 11.6 Å². The van der Waals surface area contributed by atoms with Gasteiger partial charge in [-0.1, -0.05) is 41.9 Å². The minimum Gasteiger partial charge on any atom is -0.331 e. The first-order valence-electron chi connectivity index (χ1n) is 10.2. The number of para-hydroxylation sites is 1. The van der Waals surface area contributed by atoms with Gasteiger partial charge in [0.25, 0.3) is 5.91 Å². The predicted octanol–water partition coefficient (Wildman–Crippen LogP) is 2.75. The lowest BCUT2D eigenvalue weighted by molar-refractivity contribution is -0.908. The predicted molar refractivity (Wildman–Crippen MR) is 115 cm³/mol. The Morgan fingerprint density at radius 2 is 1.93 bits per heavy atom. The fourth-order valence-electron chi connectivity index (χ4n) is 4.42. The van der Waals surface area contributed by atoms with Gasteiger partial charge in [0, 0.05) is 24.6 Å². The number of likely N-dealkylation sites (N-methyl/N-ethyl adjacent to an activating group) is 1. The van der Waals surface area contributed by atoms with E-state index in [1.807, 2.05) is 18.2 Å². The van der Waals surface area contributed by atoms with Crippen molar-refractivity contribution >= 4 is 35.3 Å². The van der Waals surface area contributed by atoms with E-state index in [1.165, 1.54) is 24.3 Å². The lowest BCUT2D eigenvalue weighted by Gasteiger charge is -2.31. The van der Waals surface area contributed by atoms with Gasteiger partial charge < -0.3 is 4.90 Å². The molecule has 5 nitrogen and oxygen atoms in total. The molecule has 0 aliphatic carbocycles. The number of carbonyl (C=O) groups is 2. The molecule has 3 atom stereocenters. The van der Waals surface area contributed by atoms with Gasteiger partial charge in [0.05, 0.1) is 36.3 Å². The van der Waals surface area contributed by atoms with Crippen LogP contribution in [0.1, 0.15) is 41.6 Å². The smallest absolute Gasteiger partial charge is 0.265 e. The quantitative estimate of drug-likeness (QED) is 0.608. The molecule has 29 heavy (non-hydrogen) atoms. The van der Waals surface area contributed by atoms with Gasteiger partial charge in [-0.2, -0.15) is 0 Å². The van der Waals surface area contributed by atoms with Crippen LogP contribution in [0, 0.1) is 0 Å². The van der Waals surface area contributed by atoms with Crippen molar-refractivity contribution in [1.82, 2.24) is 0 Å². The minimum absolute atomic E-state index is 0.309. The number of nitrogens with zero attached hydrogens (tertiary/aromatic N) is 2. The van der Waals surface area contributed by atoms with E-state index in [0.29, 0.717) is 34.4 Å². The molecule has 2 unspecified atom stereocenters. The van der Waals surface area contributed by atoms with E-state index in [1.54, 1.807) is 41.4 Å². The molecule has 0 saturated carbocycles. The summed E-state index contributed by atoms with van der Waals surface area (Å²) in [6.45, 7) is 5.19. The Labute approximate surface area is 176 Å². The van der Waals surface area contributed by atoms with Crippen molar-refractivity contribution in [2.24, 2.45) is 4.99 Å². The van der Waals surface area contributed by atoms with Crippen molar-refractivity contribution < 1.29 is 14.5 Å². The van der Waals surface area contributed by atoms with Gasteiger partial charge >= 0.3 is 0 Å². The standard InChI is InChI=1S/C23H24ClN3O2/c1-2-26-13-7-8-16(26)14-25-15-19-17-9-3-4-10-18(17)22(28)27(23(19)29)21-12-6-5-11-20(21)24/h3-6,9-12,15-16,19H,2,7-8,13-14H2,1H3/p+1/t16-,19?/m1/s1. The zero-order valence-corrected chi connectivity index (χ0v) is 17.2. The molecule has 0 radical (unpaired) electrons. The minimum atomic E-state index is -0.591. The van der Waals surface area contributed by atoms with Crippen molar-refractivity contribution in [3.8, 4) is 0 Å². The van der Waals surface area contributed by atoms with Crippen LogP contribution in [0.2, 0.25) is 5.02 Å². The number of fused-ring (bicyclic) bond motifs is 1. The van der Waals surface area contributed by atoms with Crippen molar-refractivity contribution in [3.63, 3.8) is 0 Å². The summed E-state index contributed by atoms with van der Waals surface area (Å²) in [6.07, 6.45) is 4.12. The van der Waals surface area contributed by atoms with Crippen LogP contribution in [0.4, 0.5) is 5.69 Å². The zero-order valence-electron chi connectivity index (χ0n) is 16.5. The number of quaternary nitrogens is 1. The highest BCUT2D eigenvalue weighted by Gasteiger charge is 2.39. The second-order valence-corrected chi connectivity index (χ2v) is 8.02. The molecule has 150 valence electrons. The average molecular weight is 411 g/mol. The first-order chi connectivity index (χ1) is 14.1. The summed E-state index contributed by atoms with van der Waals surface area (Å²) in [4.78, 5) is 33.9. The van der Waals surface area contributed by atoms with Gasteiger partial charge in [0.2, 0.25) is 5.91 Å². The summed E-state index contributed by atoms with van der Waals surface area (Å²) >= 11 is 6.30. The molecule has 2 heterocycles. The molecule has 0 aromatic heterocycles. The highest BCUT2D eigenvalue weighted by molar-refractivity contribution is 6.37. The van der Waals surface area contributed by atoms with Gasteiger partial charge in [-0.15, -0.1) is 0 Å². The highest BCUT2D eigenvalue weighted by atomic mass is 35.5. The molecule has 6 heteroatoms. The molecule has 2 amide bonds. The Kier molecular flexibility index (Phi) is 5.79. The molecule has 2 aliphatic rings. The molecule has 1 N–H and O–H groups in total. The van der Waals surface area contributed by atoms with E-state index >= 15 is 0 Å². The topological polar surface area (TPSA) is 54.2 Å². The molecular formula is C23H25ClN3O2+. The molecule has 0 bridgehead atoms. The number of hydrogen-bond acceptors (Lipinski definition) is 3. The summed E-state index contributed by atoms with van der Waals surface area (Å²) in [5.74, 6) is -1.25. The maximum atomic E-state index is 13.3. The summed E-state index contributed by atoms with van der Waals surface area (Å²) < 4.78 is 0. The maximum Gasteiger partial charge on any atom is 0.265 e. The van der Waals surface area contributed by atoms with Gasteiger partial charge in [-0.25, -0.2) is 4.90 Å². The van der Waals surface area contributed by atoms with Gasteiger partial charge in [-0.3, -0.25) is 14.6 Å². The third-order valence-corrected chi connectivity index (χ3v) is 6.29. The Balaban J connectivity index is 1.66. The molecule has 2 aliphatic heterocycles. The SMILES string of the molecule is CC[NH+]1CCC[C@@H]1CN=CC1C(=O)N(c2ccccc2Cl)C(=O)c2ccccc21. The van der Waals surface area contributed by atoms with Crippen molar-refractivity contribution in [1.29, 1.82) is 0 Å². The van der Waals surface area contributed by atoms with Gasteiger partial charge in [0.1, 0.15) is 6.04 Å². The van der Waals surface area contributed by atoms with E-state index < -0.39 is 5.92 Å².